The minimum absolute atomic E-state index is 0.680. The number of hydrogen-bond acceptors (Lipinski definition) is 2. The molecule has 0 aliphatic rings. The highest BCUT2D eigenvalue weighted by Gasteiger charge is 1.99. The van der Waals surface area contributed by atoms with Gasteiger partial charge in [-0.3, -0.25) is 0 Å². The predicted octanol–water partition coefficient (Wildman–Crippen LogP) is 3.86. The van der Waals surface area contributed by atoms with E-state index in [2.05, 4.69) is 30.4 Å². The highest BCUT2D eigenvalue weighted by Crippen LogP contribution is 2.21. The summed E-state index contributed by atoms with van der Waals surface area (Å²) < 4.78 is 0. The zero-order chi connectivity index (χ0) is 12.1. The van der Waals surface area contributed by atoms with E-state index in [1.54, 1.807) is 0 Å². The van der Waals surface area contributed by atoms with E-state index in [-0.39, 0.29) is 0 Å². The second-order valence-corrected chi connectivity index (χ2v) is 3.82. The minimum Gasteiger partial charge on any atom is -0.355 e. The molecule has 0 saturated carbocycles. The van der Waals surface area contributed by atoms with Crippen LogP contribution in [0.5, 0.6) is 0 Å². The summed E-state index contributed by atoms with van der Waals surface area (Å²) in [5.74, 6) is 0. The summed E-state index contributed by atoms with van der Waals surface area (Å²) in [7, 11) is 0. The third-order valence-electron chi connectivity index (χ3n) is 2.69. The summed E-state index contributed by atoms with van der Waals surface area (Å²) in [4.78, 5) is 0. The second-order valence-electron chi connectivity index (χ2n) is 3.82. The molecule has 0 atom stereocenters. The smallest absolute Gasteiger partial charge is 0.0991 e. The summed E-state index contributed by atoms with van der Waals surface area (Å²) >= 11 is 0. The average molecular weight is 222 g/mol. The third-order valence-corrected chi connectivity index (χ3v) is 2.69. The average Bonchev–Trinajstić information content (AvgIpc) is 2.40. The van der Waals surface area contributed by atoms with Crippen molar-refractivity contribution in [1.82, 2.24) is 0 Å². The number of nitrogens with zero attached hydrogens (tertiary/aromatic N) is 1. The van der Waals surface area contributed by atoms with E-state index in [0.717, 1.165) is 17.8 Å². The van der Waals surface area contributed by atoms with Gasteiger partial charge in [-0.1, -0.05) is 25.1 Å². The first kappa shape index (κ1) is 11.2. The molecule has 0 heterocycles. The van der Waals surface area contributed by atoms with Gasteiger partial charge in [0, 0.05) is 11.4 Å². The predicted molar refractivity (Wildman–Crippen MR) is 70.3 cm³/mol. The first-order valence-corrected chi connectivity index (χ1v) is 5.68. The molecule has 0 amide bonds. The van der Waals surface area contributed by atoms with Gasteiger partial charge < -0.3 is 5.32 Å². The van der Waals surface area contributed by atoms with Crippen LogP contribution < -0.4 is 5.32 Å². The zero-order valence-electron chi connectivity index (χ0n) is 9.77. The molecule has 0 fully saturated rings. The van der Waals surface area contributed by atoms with Crippen molar-refractivity contribution in [1.29, 1.82) is 5.26 Å². The number of aryl methyl sites for hydroxylation is 1. The molecule has 0 bridgehead atoms. The summed E-state index contributed by atoms with van der Waals surface area (Å²) in [6.07, 6.45) is 0.999. The summed E-state index contributed by atoms with van der Waals surface area (Å²) in [6.45, 7) is 2.14. The monoisotopic (exact) mass is 222 g/mol. The second kappa shape index (κ2) is 5.18. The molecule has 0 radical (unpaired) electrons. The molecule has 2 aromatic rings. The van der Waals surface area contributed by atoms with Gasteiger partial charge >= 0.3 is 0 Å². The van der Waals surface area contributed by atoms with Gasteiger partial charge in [0.1, 0.15) is 0 Å². The Morgan fingerprint density at radius 3 is 2.41 bits per heavy atom. The molecule has 84 valence electrons. The molecule has 0 spiro atoms. The molecule has 0 aromatic heterocycles. The summed E-state index contributed by atoms with van der Waals surface area (Å²) in [6, 6.07) is 17.8. The maximum atomic E-state index is 8.73. The van der Waals surface area contributed by atoms with Crippen LogP contribution in [-0.4, -0.2) is 0 Å². The molecule has 1 N–H and O–H groups in total. The van der Waals surface area contributed by atoms with E-state index in [4.69, 9.17) is 5.26 Å². The van der Waals surface area contributed by atoms with Crippen LogP contribution in [0.25, 0.3) is 0 Å². The first-order chi connectivity index (χ1) is 8.33. The Balaban J connectivity index is 2.22. The van der Waals surface area contributed by atoms with E-state index >= 15 is 0 Å². The highest BCUT2D eigenvalue weighted by molar-refractivity contribution is 5.63. The molecule has 17 heavy (non-hydrogen) atoms. The SMILES string of the molecule is CCc1ccccc1Nc1ccc(C#N)cc1. The Kier molecular flexibility index (Phi) is 3.42. The van der Waals surface area contributed by atoms with E-state index in [0.29, 0.717) is 5.56 Å². The Bertz CT molecular complexity index is 536. The molecule has 2 nitrogen and oxygen atoms in total. The van der Waals surface area contributed by atoms with Crippen molar-refractivity contribution in [2.75, 3.05) is 5.32 Å². The maximum Gasteiger partial charge on any atom is 0.0991 e. The van der Waals surface area contributed by atoms with E-state index in [1.807, 2.05) is 36.4 Å². The fourth-order valence-corrected chi connectivity index (χ4v) is 1.73. The van der Waals surface area contributed by atoms with Gasteiger partial charge in [-0.25, -0.2) is 0 Å². The van der Waals surface area contributed by atoms with Crippen LogP contribution in [0, 0.1) is 11.3 Å². The van der Waals surface area contributed by atoms with Crippen molar-refractivity contribution < 1.29 is 0 Å². The summed E-state index contributed by atoms with van der Waals surface area (Å²) in [5.41, 5.74) is 4.10. The quantitative estimate of drug-likeness (QED) is 0.855. The topological polar surface area (TPSA) is 35.8 Å². The Hall–Kier alpha value is -2.27. The fourth-order valence-electron chi connectivity index (χ4n) is 1.73. The van der Waals surface area contributed by atoms with Crippen molar-refractivity contribution in [3.8, 4) is 6.07 Å². The van der Waals surface area contributed by atoms with Crippen molar-refractivity contribution >= 4 is 11.4 Å². The van der Waals surface area contributed by atoms with Crippen LogP contribution in [0.15, 0.2) is 48.5 Å². The first-order valence-electron chi connectivity index (χ1n) is 5.68. The van der Waals surface area contributed by atoms with E-state index in [9.17, 15) is 0 Å². The molecule has 0 aliphatic carbocycles. The molecule has 0 aliphatic heterocycles. The Morgan fingerprint density at radius 2 is 1.76 bits per heavy atom. The molecule has 2 rings (SSSR count). The highest BCUT2D eigenvalue weighted by atomic mass is 14.9. The van der Waals surface area contributed by atoms with Crippen LogP contribution in [0.1, 0.15) is 18.1 Å². The van der Waals surface area contributed by atoms with Crippen molar-refractivity contribution in [3.63, 3.8) is 0 Å². The lowest BCUT2D eigenvalue weighted by Gasteiger charge is -2.10. The largest absolute Gasteiger partial charge is 0.355 e. The number of benzene rings is 2. The Labute approximate surface area is 102 Å². The number of para-hydroxylation sites is 1. The standard InChI is InChI=1S/C15H14N2/c1-2-13-5-3-4-6-15(13)17-14-9-7-12(11-16)8-10-14/h3-10,17H,2H2,1H3. The van der Waals surface area contributed by atoms with Crippen LogP contribution in [0.2, 0.25) is 0 Å². The lowest BCUT2D eigenvalue weighted by Crippen LogP contribution is -1.94. The minimum atomic E-state index is 0.680. The maximum absolute atomic E-state index is 8.73. The fraction of sp³-hybridized carbons (Fsp3) is 0.133. The molecule has 2 heteroatoms. The lowest BCUT2D eigenvalue weighted by molar-refractivity contribution is 1.14. The molecule has 0 saturated heterocycles. The number of hydrogen-bond donors (Lipinski definition) is 1. The molecule has 0 unspecified atom stereocenters. The normalized spacial score (nSPS) is 9.65. The van der Waals surface area contributed by atoms with E-state index in [1.165, 1.54) is 5.56 Å². The van der Waals surface area contributed by atoms with Gasteiger partial charge in [-0.2, -0.15) is 5.26 Å². The van der Waals surface area contributed by atoms with Gasteiger partial charge in [0.05, 0.1) is 11.6 Å². The van der Waals surface area contributed by atoms with Crippen molar-refractivity contribution in [2.24, 2.45) is 0 Å². The van der Waals surface area contributed by atoms with Gasteiger partial charge in [0.2, 0.25) is 0 Å². The van der Waals surface area contributed by atoms with Crippen molar-refractivity contribution in [3.05, 3.63) is 59.7 Å². The third kappa shape index (κ3) is 2.64. The van der Waals surface area contributed by atoms with Gasteiger partial charge in [-0.05, 0) is 42.3 Å². The van der Waals surface area contributed by atoms with Gasteiger partial charge in [0.25, 0.3) is 0 Å². The Morgan fingerprint density at radius 1 is 1.06 bits per heavy atom. The molecular formula is C15H14N2. The van der Waals surface area contributed by atoms with Gasteiger partial charge in [-0.15, -0.1) is 0 Å². The lowest BCUT2D eigenvalue weighted by atomic mass is 10.1. The van der Waals surface area contributed by atoms with Crippen molar-refractivity contribution in [2.45, 2.75) is 13.3 Å². The van der Waals surface area contributed by atoms with Gasteiger partial charge in [0.15, 0.2) is 0 Å². The molecular weight excluding hydrogens is 208 g/mol. The summed E-state index contributed by atoms with van der Waals surface area (Å²) in [5, 5.41) is 12.1. The number of anilines is 2. The zero-order valence-corrected chi connectivity index (χ0v) is 9.77. The van der Waals surface area contributed by atoms with Crippen LogP contribution >= 0.6 is 0 Å². The number of nitrogens with one attached hydrogen (secondary N) is 1. The number of rotatable bonds is 3. The number of nitriles is 1. The van der Waals surface area contributed by atoms with Crippen LogP contribution in [0.3, 0.4) is 0 Å². The molecule has 2 aromatic carbocycles. The van der Waals surface area contributed by atoms with E-state index < -0.39 is 0 Å². The van der Waals surface area contributed by atoms with Crippen LogP contribution in [-0.2, 0) is 6.42 Å². The van der Waals surface area contributed by atoms with Crippen LogP contribution in [0.4, 0.5) is 11.4 Å².